The second-order valence-corrected chi connectivity index (χ2v) is 5.41. The third-order valence-electron chi connectivity index (χ3n) is 2.89. The standard InChI is InChI=1S/C14H19N3/c1-10-9-17(16-13(10)15)12-8-6-5-7-11(12)14(2,3)4/h5-9H,1-4H3,(H2,15,16). The molecule has 1 aromatic heterocycles. The average molecular weight is 229 g/mol. The molecule has 2 N–H and O–H groups in total. The van der Waals surface area contributed by atoms with E-state index < -0.39 is 0 Å². The summed E-state index contributed by atoms with van der Waals surface area (Å²) in [6, 6.07) is 8.30. The summed E-state index contributed by atoms with van der Waals surface area (Å²) in [5.74, 6) is 0.591. The smallest absolute Gasteiger partial charge is 0.148 e. The summed E-state index contributed by atoms with van der Waals surface area (Å²) in [5.41, 5.74) is 9.26. The first-order valence-corrected chi connectivity index (χ1v) is 5.81. The van der Waals surface area contributed by atoms with E-state index in [2.05, 4.69) is 44.1 Å². The molecule has 90 valence electrons. The van der Waals surface area contributed by atoms with Crippen molar-refractivity contribution < 1.29 is 0 Å². The van der Waals surface area contributed by atoms with Gasteiger partial charge in [0.05, 0.1) is 5.69 Å². The maximum atomic E-state index is 5.81. The Morgan fingerprint density at radius 1 is 1.18 bits per heavy atom. The fourth-order valence-electron chi connectivity index (χ4n) is 1.90. The van der Waals surface area contributed by atoms with Crippen molar-refractivity contribution in [2.45, 2.75) is 33.1 Å². The van der Waals surface area contributed by atoms with Crippen LogP contribution in [-0.2, 0) is 5.41 Å². The molecule has 0 saturated carbocycles. The number of hydrogen-bond donors (Lipinski definition) is 1. The van der Waals surface area contributed by atoms with Crippen molar-refractivity contribution in [2.75, 3.05) is 5.73 Å². The van der Waals surface area contributed by atoms with Crippen molar-refractivity contribution in [1.29, 1.82) is 0 Å². The van der Waals surface area contributed by atoms with E-state index in [0.29, 0.717) is 5.82 Å². The van der Waals surface area contributed by atoms with Crippen molar-refractivity contribution in [3.63, 3.8) is 0 Å². The summed E-state index contributed by atoms with van der Waals surface area (Å²) < 4.78 is 1.87. The molecule has 0 aliphatic carbocycles. The predicted octanol–water partition coefficient (Wildman–Crippen LogP) is 3.06. The van der Waals surface area contributed by atoms with E-state index in [1.807, 2.05) is 23.9 Å². The second kappa shape index (κ2) is 3.91. The highest BCUT2D eigenvalue weighted by Gasteiger charge is 2.19. The Bertz CT molecular complexity index is 513. The lowest BCUT2D eigenvalue weighted by Crippen LogP contribution is -2.15. The van der Waals surface area contributed by atoms with Gasteiger partial charge in [0.15, 0.2) is 0 Å². The third-order valence-corrected chi connectivity index (χ3v) is 2.89. The topological polar surface area (TPSA) is 43.8 Å². The molecule has 0 amide bonds. The van der Waals surface area contributed by atoms with Crippen molar-refractivity contribution in [3.05, 3.63) is 41.6 Å². The zero-order valence-electron chi connectivity index (χ0n) is 10.9. The minimum absolute atomic E-state index is 0.0885. The van der Waals surface area contributed by atoms with Gasteiger partial charge in [-0.25, -0.2) is 4.68 Å². The number of benzene rings is 1. The van der Waals surface area contributed by atoms with Crippen LogP contribution in [0.5, 0.6) is 0 Å². The van der Waals surface area contributed by atoms with Crippen LogP contribution in [-0.4, -0.2) is 9.78 Å². The van der Waals surface area contributed by atoms with Gasteiger partial charge < -0.3 is 5.73 Å². The van der Waals surface area contributed by atoms with Crippen LogP contribution in [0.2, 0.25) is 0 Å². The molecular weight excluding hydrogens is 210 g/mol. The van der Waals surface area contributed by atoms with Crippen LogP contribution in [0.25, 0.3) is 5.69 Å². The molecule has 0 unspecified atom stereocenters. The second-order valence-electron chi connectivity index (χ2n) is 5.41. The summed E-state index contributed by atoms with van der Waals surface area (Å²) in [5, 5.41) is 4.35. The average Bonchev–Trinajstić information content (AvgIpc) is 2.58. The Hall–Kier alpha value is -1.77. The summed E-state index contributed by atoms with van der Waals surface area (Å²) in [6.45, 7) is 8.57. The van der Waals surface area contributed by atoms with Crippen LogP contribution in [0, 0.1) is 6.92 Å². The molecule has 17 heavy (non-hydrogen) atoms. The molecule has 3 heteroatoms. The van der Waals surface area contributed by atoms with Gasteiger partial charge in [-0.3, -0.25) is 0 Å². The van der Waals surface area contributed by atoms with Crippen molar-refractivity contribution in [2.24, 2.45) is 0 Å². The molecule has 3 nitrogen and oxygen atoms in total. The minimum atomic E-state index is 0.0885. The lowest BCUT2D eigenvalue weighted by Gasteiger charge is -2.22. The van der Waals surface area contributed by atoms with Gasteiger partial charge >= 0.3 is 0 Å². The summed E-state index contributed by atoms with van der Waals surface area (Å²) >= 11 is 0. The fraction of sp³-hybridized carbons (Fsp3) is 0.357. The van der Waals surface area contributed by atoms with Gasteiger partial charge in [0.2, 0.25) is 0 Å². The minimum Gasteiger partial charge on any atom is -0.382 e. The summed E-state index contributed by atoms with van der Waals surface area (Å²) in [4.78, 5) is 0. The molecule has 0 radical (unpaired) electrons. The van der Waals surface area contributed by atoms with E-state index in [4.69, 9.17) is 5.73 Å². The normalized spacial score (nSPS) is 11.8. The molecule has 2 aromatic rings. The van der Waals surface area contributed by atoms with Crippen LogP contribution >= 0.6 is 0 Å². The largest absolute Gasteiger partial charge is 0.382 e. The number of para-hydroxylation sites is 1. The Morgan fingerprint density at radius 3 is 2.35 bits per heavy atom. The first-order valence-electron chi connectivity index (χ1n) is 5.81. The van der Waals surface area contributed by atoms with Gasteiger partial charge in [-0.15, -0.1) is 0 Å². The lowest BCUT2D eigenvalue weighted by atomic mass is 9.86. The molecular formula is C14H19N3. The predicted molar refractivity (Wildman–Crippen MR) is 71.4 cm³/mol. The van der Waals surface area contributed by atoms with E-state index in [-0.39, 0.29) is 5.41 Å². The van der Waals surface area contributed by atoms with Gasteiger partial charge in [-0.2, -0.15) is 5.10 Å². The zero-order chi connectivity index (χ0) is 12.6. The molecule has 0 saturated heterocycles. The number of hydrogen-bond acceptors (Lipinski definition) is 2. The molecule has 1 heterocycles. The Morgan fingerprint density at radius 2 is 1.82 bits per heavy atom. The van der Waals surface area contributed by atoms with Gasteiger partial charge in [0.25, 0.3) is 0 Å². The SMILES string of the molecule is Cc1cn(-c2ccccc2C(C)(C)C)nc1N. The van der Waals surface area contributed by atoms with E-state index in [0.717, 1.165) is 11.3 Å². The lowest BCUT2D eigenvalue weighted by molar-refractivity contribution is 0.583. The van der Waals surface area contributed by atoms with E-state index in [1.54, 1.807) is 0 Å². The summed E-state index contributed by atoms with van der Waals surface area (Å²) in [6.07, 6.45) is 1.97. The van der Waals surface area contributed by atoms with E-state index in [9.17, 15) is 0 Å². The van der Waals surface area contributed by atoms with E-state index in [1.165, 1.54) is 5.56 Å². The Kier molecular flexibility index (Phi) is 2.69. The van der Waals surface area contributed by atoms with Gasteiger partial charge in [0.1, 0.15) is 5.82 Å². The van der Waals surface area contributed by atoms with Gasteiger partial charge in [0, 0.05) is 11.8 Å². The first kappa shape index (κ1) is 11.7. The molecule has 0 bridgehead atoms. The summed E-state index contributed by atoms with van der Waals surface area (Å²) in [7, 11) is 0. The maximum absolute atomic E-state index is 5.81. The van der Waals surface area contributed by atoms with Crippen LogP contribution < -0.4 is 5.73 Å². The molecule has 0 atom stereocenters. The number of rotatable bonds is 1. The maximum Gasteiger partial charge on any atom is 0.148 e. The molecule has 1 aromatic carbocycles. The van der Waals surface area contributed by atoms with Crippen molar-refractivity contribution in [3.8, 4) is 5.69 Å². The number of nitrogens with zero attached hydrogens (tertiary/aromatic N) is 2. The van der Waals surface area contributed by atoms with Crippen LogP contribution in [0.3, 0.4) is 0 Å². The fourth-order valence-corrected chi connectivity index (χ4v) is 1.90. The molecule has 0 spiro atoms. The quantitative estimate of drug-likeness (QED) is 0.816. The number of nitrogen functional groups attached to an aromatic ring is 1. The van der Waals surface area contributed by atoms with Crippen LogP contribution in [0.15, 0.2) is 30.5 Å². The van der Waals surface area contributed by atoms with E-state index >= 15 is 0 Å². The Balaban J connectivity index is 2.60. The number of nitrogens with two attached hydrogens (primary N) is 1. The van der Waals surface area contributed by atoms with Crippen molar-refractivity contribution in [1.82, 2.24) is 9.78 Å². The Labute approximate surface area is 102 Å². The van der Waals surface area contributed by atoms with Gasteiger partial charge in [-0.05, 0) is 24.0 Å². The molecule has 2 rings (SSSR count). The zero-order valence-corrected chi connectivity index (χ0v) is 10.9. The highest BCUT2D eigenvalue weighted by Crippen LogP contribution is 2.28. The molecule has 0 fully saturated rings. The molecule has 0 aliphatic rings. The third kappa shape index (κ3) is 2.18. The van der Waals surface area contributed by atoms with Crippen LogP contribution in [0.1, 0.15) is 31.9 Å². The molecule has 0 aliphatic heterocycles. The first-order chi connectivity index (χ1) is 7.89. The number of aryl methyl sites for hydroxylation is 1. The number of anilines is 1. The highest BCUT2D eigenvalue weighted by molar-refractivity contribution is 5.47. The number of aromatic nitrogens is 2. The highest BCUT2D eigenvalue weighted by atomic mass is 15.3. The monoisotopic (exact) mass is 229 g/mol. The van der Waals surface area contributed by atoms with Crippen molar-refractivity contribution >= 4 is 5.82 Å². The van der Waals surface area contributed by atoms with Gasteiger partial charge in [-0.1, -0.05) is 39.0 Å². The van der Waals surface area contributed by atoms with Crippen LogP contribution in [0.4, 0.5) is 5.82 Å².